The largest absolute Gasteiger partial charge is 0.460 e. The first-order valence-corrected chi connectivity index (χ1v) is 9.27. The fourth-order valence-corrected chi connectivity index (χ4v) is 4.01. The average Bonchev–Trinajstić information content (AvgIpc) is 2.94. The number of cyclic esters (lactones) is 1. The summed E-state index contributed by atoms with van der Waals surface area (Å²) in [6.45, 7) is 3.39. The van der Waals surface area contributed by atoms with Gasteiger partial charge in [-0.2, -0.15) is 11.8 Å². The van der Waals surface area contributed by atoms with Crippen LogP contribution in [0.3, 0.4) is 0 Å². The highest BCUT2D eigenvalue weighted by Gasteiger charge is 2.36. The molecule has 1 N–H and O–H groups in total. The number of esters is 1. The van der Waals surface area contributed by atoms with Crippen LogP contribution in [0.1, 0.15) is 24.8 Å². The van der Waals surface area contributed by atoms with Gasteiger partial charge in [0.15, 0.2) is 0 Å². The Morgan fingerprint density at radius 1 is 1.42 bits per heavy atom. The first kappa shape index (κ1) is 17.1. The topological polar surface area (TPSA) is 58.6 Å². The zero-order chi connectivity index (χ0) is 17.1. The van der Waals surface area contributed by atoms with E-state index in [1.807, 2.05) is 22.7 Å². The van der Waals surface area contributed by atoms with Crippen molar-refractivity contribution in [3.63, 3.8) is 0 Å². The molecule has 2 aliphatic heterocycles. The third kappa shape index (κ3) is 3.83. The summed E-state index contributed by atoms with van der Waals surface area (Å²) in [6.07, 6.45) is 0.103. The Bertz CT molecular complexity index is 634. The lowest BCUT2D eigenvalue weighted by atomic mass is 9.95. The van der Waals surface area contributed by atoms with E-state index >= 15 is 0 Å². The zero-order valence-electron chi connectivity index (χ0n) is 13.6. The lowest BCUT2D eigenvalue weighted by Gasteiger charge is -2.29. The van der Waals surface area contributed by atoms with Gasteiger partial charge in [0.2, 0.25) is 5.91 Å². The molecule has 7 heteroatoms. The maximum Gasteiger partial charge on any atom is 0.313 e. The Labute approximate surface area is 144 Å². The quantitative estimate of drug-likeness (QED) is 0.839. The Morgan fingerprint density at radius 2 is 2.17 bits per heavy atom. The number of benzene rings is 1. The second-order valence-electron chi connectivity index (χ2n) is 6.09. The summed E-state index contributed by atoms with van der Waals surface area (Å²) < 4.78 is 19.8. The van der Waals surface area contributed by atoms with E-state index in [-0.39, 0.29) is 23.8 Å². The summed E-state index contributed by atoms with van der Waals surface area (Å²) in [6, 6.07) is 5.02. The van der Waals surface area contributed by atoms with Crippen LogP contribution in [0.5, 0.6) is 0 Å². The lowest BCUT2D eigenvalue weighted by Crippen LogP contribution is -2.33. The Kier molecular flexibility index (Phi) is 5.28. The molecule has 130 valence electrons. The van der Waals surface area contributed by atoms with Crippen molar-refractivity contribution >= 4 is 29.3 Å². The predicted octanol–water partition coefficient (Wildman–Crippen LogP) is 1.91. The number of thioether (sulfide) groups is 1. The Morgan fingerprint density at radius 3 is 2.83 bits per heavy atom. The molecule has 2 saturated heterocycles. The SMILES string of the molecule is CC(=O)NC[C@H]1C[C@H](c2ccc(N3CCSCC3)c(F)c2)C(=O)O1. The Balaban J connectivity index is 1.69. The summed E-state index contributed by atoms with van der Waals surface area (Å²) in [5, 5.41) is 2.64. The van der Waals surface area contributed by atoms with Gasteiger partial charge in [-0.1, -0.05) is 6.07 Å². The van der Waals surface area contributed by atoms with Crippen molar-refractivity contribution in [2.45, 2.75) is 25.4 Å². The van der Waals surface area contributed by atoms with Gasteiger partial charge in [-0.05, 0) is 17.7 Å². The summed E-state index contributed by atoms with van der Waals surface area (Å²) in [4.78, 5) is 25.1. The van der Waals surface area contributed by atoms with Crippen molar-refractivity contribution in [3.8, 4) is 0 Å². The third-order valence-electron chi connectivity index (χ3n) is 4.37. The van der Waals surface area contributed by atoms with Crippen molar-refractivity contribution < 1.29 is 18.7 Å². The van der Waals surface area contributed by atoms with Crippen molar-refractivity contribution in [2.24, 2.45) is 0 Å². The van der Waals surface area contributed by atoms with E-state index in [0.717, 1.165) is 24.6 Å². The van der Waals surface area contributed by atoms with Gasteiger partial charge in [0, 0.05) is 37.9 Å². The van der Waals surface area contributed by atoms with E-state index in [4.69, 9.17) is 4.74 Å². The molecule has 0 radical (unpaired) electrons. The van der Waals surface area contributed by atoms with E-state index in [9.17, 15) is 14.0 Å². The molecule has 0 bridgehead atoms. The normalized spacial score (nSPS) is 23.9. The molecule has 5 nitrogen and oxygen atoms in total. The number of nitrogens with one attached hydrogen (secondary N) is 1. The minimum absolute atomic E-state index is 0.162. The number of ether oxygens (including phenoxy) is 1. The van der Waals surface area contributed by atoms with E-state index in [1.54, 1.807) is 6.07 Å². The van der Waals surface area contributed by atoms with Gasteiger partial charge in [-0.25, -0.2) is 4.39 Å². The molecule has 2 aliphatic rings. The van der Waals surface area contributed by atoms with Gasteiger partial charge < -0.3 is 15.0 Å². The average molecular weight is 352 g/mol. The number of carbonyl (C=O) groups is 2. The van der Waals surface area contributed by atoms with Gasteiger partial charge in [0.25, 0.3) is 0 Å². The minimum atomic E-state index is -0.468. The highest BCUT2D eigenvalue weighted by molar-refractivity contribution is 7.99. The number of rotatable bonds is 4. The van der Waals surface area contributed by atoms with Crippen LogP contribution in [0.25, 0.3) is 0 Å². The van der Waals surface area contributed by atoms with Gasteiger partial charge in [-0.3, -0.25) is 9.59 Å². The maximum absolute atomic E-state index is 14.5. The number of hydrogen-bond acceptors (Lipinski definition) is 5. The molecule has 2 fully saturated rings. The van der Waals surface area contributed by atoms with Crippen LogP contribution >= 0.6 is 11.8 Å². The lowest BCUT2D eigenvalue weighted by molar-refractivity contribution is -0.142. The van der Waals surface area contributed by atoms with Gasteiger partial charge >= 0.3 is 5.97 Å². The van der Waals surface area contributed by atoms with Crippen molar-refractivity contribution in [3.05, 3.63) is 29.6 Å². The van der Waals surface area contributed by atoms with Gasteiger partial charge in [0.1, 0.15) is 11.9 Å². The summed E-state index contributed by atoms with van der Waals surface area (Å²) in [5.41, 5.74) is 1.23. The highest BCUT2D eigenvalue weighted by atomic mass is 32.2. The molecule has 1 aromatic rings. The van der Waals surface area contributed by atoms with Crippen molar-refractivity contribution in [2.75, 3.05) is 36.0 Å². The van der Waals surface area contributed by atoms with E-state index in [1.165, 1.54) is 13.0 Å². The number of anilines is 1. The summed E-state index contributed by atoms with van der Waals surface area (Å²) in [5.74, 6) is 0.722. The first-order valence-electron chi connectivity index (χ1n) is 8.11. The van der Waals surface area contributed by atoms with Crippen LogP contribution < -0.4 is 10.2 Å². The molecule has 0 aromatic heterocycles. The molecule has 0 spiro atoms. The number of halogens is 1. The second-order valence-corrected chi connectivity index (χ2v) is 7.32. The van der Waals surface area contributed by atoms with Crippen LogP contribution in [0.2, 0.25) is 0 Å². The van der Waals surface area contributed by atoms with Crippen LogP contribution in [0.4, 0.5) is 10.1 Å². The third-order valence-corrected chi connectivity index (χ3v) is 5.31. The molecule has 1 amide bonds. The molecule has 0 saturated carbocycles. The fraction of sp³-hybridized carbons (Fsp3) is 0.529. The highest BCUT2D eigenvalue weighted by Crippen LogP contribution is 2.33. The van der Waals surface area contributed by atoms with Crippen molar-refractivity contribution in [1.82, 2.24) is 5.32 Å². The minimum Gasteiger partial charge on any atom is -0.460 e. The monoisotopic (exact) mass is 352 g/mol. The first-order chi connectivity index (χ1) is 11.5. The molecule has 2 atom stereocenters. The van der Waals surface area contributed by atoms with Crippen LogP contribution in [0.15, 0.2) is 18.2 Å². The number of hydrogen-bond donors (Lipinski definition) is 1. The summed E-state index contributed by atoms with van der Waals surface area (Å²) >= 11 is 1.87. The standard InChI is InChI=1S/C17H21FN2O3S/c1-11(21)19-10-13-9-14(17(22)23-13)12-2-3-16(15(18)8-12)20-4-6-24-7-5-20/h2-3,8,13-14H,4-7,9-10H2,1H3,(H,19,21)/t13-,14-/m1/s1. The molecule has 0 aliphatic carbocycles. The van der Waals surface area contributed by atoms with Gasteiger partial charge in [0.05, 0.1) is 18.2 Å². The molecule has 3 rings (SSSR count). The number of carbonyl (C=O) groups excluding carboxylic acids is 2. The van der Waals surface area contributed by atoms with Crippen LogP contribution in [-0.4, -0.2) is 49.1 Å². The zero-order valence-corrected chi connectivity index (χ0v) is 14.4. The summed E-state index contributed by atoms with van der Waals surface area (Å²) in [7, 11) is 0. The molecular weight excluding hydrogens is 331 g/mol. The van der Waals surface area contributed by atoms with E-state index in [2.05, 4.69) is 5.32 Å². The Hall–Kier alpha value is -1.76. The second kappa shape index (κ2) is 7.42. The smallest absolute Gasteiger partial charge is 0.313 e. The van der Waals surface area contributed by atoms with Crippen LogP contribution in [-0.2, 0) is 14.3 Å². The molecule has 24 heavy (non-hydrogen) atoms. The molecule has 1 aromatic carbocycles. The molecular formula is C17H21FN2O3S. The van der Waals surface area contributed by atoms with E-state index in [0.29, 0.717) is 24.2 Å². The van der Waals surface area contributed by atoms with Crippen LogP contribution in [0, 0.1) is 5.82 Å². The molecule has 0 unspecified atom stereocenters. The molecule has 2 heterocycles. The fourth-order valence-electron chi connectivity index (χ4n) is 3.11. The maximum atomic E-state index is 14.5. The van der Waals surface area contributed by atoms with Gasteiger partial charge in [-0.15, -0.1) is 0 Å². The predicted molar refractivity (Wildman–Crippen MR) is 91.9 cm³/mol. The van der Waals surface area contributed by atoms with Crippen molar-refractivity contribution in [1.29, 1.82) is 0 Å². The number of nitrogens with zero attached hydrogens (tertiary/aromatic N) is 1. The number of amides is 1. The van der Waals surface area contributed by atoms with E-state index < -0.39 is 5.92 Å².